The standard InChI is InChI=1S/C34H30O11/c35-16-27-30(40)31(41)32(42)34(45-27)44-26-12-18(2-1-17-3-7-21(36)8-4-17)11-25-29(26)28(20-13-23(38)15-24(39)14-20)33(43-25)19-5-9-22(37)10-6-19/h1-15,27,30-32,34-42H,16H2/b2-1+/t27-,30-,31+,32-,34-/m1/s1. The molecule has 0 unspecified atom stereocenters. The third kappa shape index (κ3) is 6.03. The molecule has 8 N–H and O–H groups in total. The zero-order chi connectivity index (χ0) is 31.8. The molecule has 1 aliphatic heterocycles. The highest BCUT2D eigenvalue weighted by atomic mass is 16.7. The quantitative estimate of drug-likeness (QED) is 0.124. The Kier molecular flexibility index (Phi) is 8.11. The lowest BCUT2D eigenvalue weighted by Gasteiger charge is -2.39. The molecule has 45 heavy (non-hydrogen) atoms. The molecule has 0 spiro atoms. The van der Waals surface area contributed by atoms with Crippen LogP contribution in [-0.2, 0) is 4.74 Å². The Labute approximate surface area is 256 Å². The summed E-state index contributed by atoms with van der Waals surface area (Å²) in [5, 5.41) is 81.8. The monoisotopic (exact) mass is 614 g/mol. The number of ether oxygens (including phenoxy) is 2. The van der Waals surface area contributed by atoms with Gasteiger partial charge >= 0.3 is 0 Å². The van der Waals surface area contributed by atoms with Crippen LogP contribution in [0.3, 0.4) is 0 Å². The van der Waals surface area contributed by atoms with Gasteiger partial charge in [-0.3, -0.25) is 0 Å². The van der Waals surface area contributed by atoms with E-state index >= 15 is 0 Å². The Bertz CT molecular complexity index is 1820. The summed E-state index contributed by atoms with van der Waals surface area (Å²) in [5.41, 5.74) is 2.93. The second-order valence-corrected chi connectivity index (χ2v) is 10.7. The van der Waals surface area contributed by atoms with Gasteiger partial charge in [-0.15, -0.1) is 0 Å². The van der Waals surface area contributed by atoms with Gasteiger partial charge in [-0.1, -0.05) is 24.3 Å². The first-order valence-corrected chi connectivity index (χ1v) is 14.0. The zero-order valence-corrected chi connectivity index (χ0v) is 23.6. The van der Waals surface area contributed by atoms with Crippen LogP contribution >= 0.6 is 0 Å². The van der Waals surface area contributed by atoms with Gasteiger partial charge in [0, 0.05) is 17.2 Å². The summed E-state index contributed by atoms with van der Waals surface area (Å²) in [5.74, 6) is 0.107. The Morgan fingerprint density at radius 3 is 1.91 bits per heavy atom. The highest BCUT2D eigenvalue weighted by molar-refractivity contribution is 6.06. The summed E-state index contributed by atoms with van der Waals surface area (Å²) in [6.07, 6.45) is -4.19. The van der Waals surface area contributed by atoms with Crippen LogP contribution in [0.1, 0.15) is 11.1 Å². The van der Waals surface area contributed by atoms with Crippen molar-refractivity contribution in [3.05, 3.63) is 90.0 Å². The van der Waals surface area contributed by atoms with Crippen molar-refractivity contribution in [2.75, 3.05) is 6.61 Å². The van der Waals surface area contributed by atoms with Crippen LogP contribution in [0, 0.1) is 0 Å². The predicted molar refractivity (Wildman–Crippen MR) is 164 cm³/mol. The highest BCUT2D eigenvalue weighted by Gasteiger charge is 2.45. The minimum absolute atomic E-state index is 0.0275. The largest absolute Gasteiger partial charge is 0.508 e. The summed E-state index contributed by atoms with van der Waals surface area (Å²) >= 11 is 0. The number of aliphatic hydroxyl groups is 4. The van der Waals surface area contributed by atoms with E-state index in [1.807, 2.05) is 0 Å². The average molecular weight is 615 g/mol. The van der Waals surface area contributed by atoms with Crippen LogP contribution in [0.4, 0.5) is 0 Å². The van der Waals surface area contributed by atoms with Crippen molar-refractivity contribution in [1.29, 1.82) is 0 Å². The van der Waals surface area contributed by atoms with Crippen LogP contribution < -0.4 is 4.74 Å². The second kappa shape index (κ2) is 12.2. The van der Waals surface area contributed by atoms with Crippen molar-refractivity contribution in [2.24, 2.45) is 0 Å². The van der Waals surface area contributed by atoms with Crippen LogP contribution in [0.15, 0.2) is 83.3 Å². The zero-order valence-electron chi connectivity index (χ0n) is 23.6. The van der Waals surface area contributed by atoms with Gasteiger partial charge in [-0.05, 0) is 77.4 Å². The van der Waals surface area contributed by atoms with E-state index in [-0.39, 0.29) is 28.7 Å². The van der Waals surface area contributed by atoms with Crippen LogP contribution in [0.5, 0.6) is 28.7 Å². The fourth-order valence-corrected chi connectivity index (χ4v) is 5.30. The van der Waals surface area contributed by atoms with Gasteiger partial charge in [0.1, 0.15) is 64.5 Å². The number of aromatic hydroxyl groups is 4. The van der Waals surface area contributed by atoms with Crippen molar-refractivity contribution >= 4 is 23.1 Å². The molecule has 0 saturated carbocycles. The second-order valence-electron chi connectivity index (χ2n) is 10.7. The lowest BCUT2D eigenvalue weighted by molar-refractivity contribution is -0.277. The van der Waals surface area contributed by atoms with Gasteiger partial charge in [0.15, 0.2) is 0 Å². The lowest BCUT2D eigenvalue weighted by atomic mass is 9.96. The molecule has 0 bridgehead atoms. The van der Waals surface area contributed by atoms with Gasteiger partial charge in [-0.25, -0.2) is 0 Å². The maximum absolute atomic E-state index is 10.8. The van der Waals surface area contributed by atoms with Gasteiger partial charge in [0.25, 0.3) is 0 Å². The third-order valence-corrected chi connectivity index (χ3v) is 7.55. The Balaban J connectivity index is 1.57. The highest BCUT2D eigenvalue weighted by Crippen LogP contribution is 2.47. The molecule has 11 nitrogen and oxygen atoms in total. The molecule has 6 rings (SSSR count). The Hall–Kier alpha value is -5.04. The molecule has 0 radical (unpaired) electrons. The number of aliphatic hydroxyl groups excluding tert-OH is 4. The van der Waals surface area contributed by atoms with Crippen molar-refractivity contribution in [3.8, 4) is 51.2 Å². The Morgan fingerprint density at radius 2 is 1.27 bits per heavy atom. The molecule has 0 aliphatic carbocycles. The number of hydrogen-bond acceptors (Lipinski definition) is 11. The molecule has 1 aliphatic rings. The average Bonchev–Trinajstić information content (AvgIpc) is 3.41. The normalized spacial score (nSPS) is 21.8. The van der Waals surface area contributed by atoms with E-state index in [0.29, 0.717) is 39.0 Å². The fraction of sp³-hybridized carbons (Fsp3) is 0.176. The molecule has 5 atom stereocenters. The lowest BCUT2D eigenvalue weighted by Crippen LogP contribution is -2.60. The van der Waals surface area contributed by atoms with E-state index in [9.17, 15) is 40.9 Å². The number of hydrogen-bond donors (Lipinski definition) is 8. The van der Waals surface area contributed by atoms with Crippen molar-refractivity contribution in [3.63, 3.8) is 0 Å². The maximum atomic E-state index is 10.8. The first-order valence-electron chi connectivity index (χ1n) is 14.0. The Morgan fingerprint density at radius 1 is 0.644 bits per heavy atom. The smallest absolute Gasteiger partial charge is 0.229 e. The van der Waals surface area contributed by atoms with Crippen LogP contribution in [-0.4, -0.2) is 78.2 Å². The number of fused-ring (bicyclic) bond motifs is 1. The summed E-state index contributed by atoms with van der Waals surface area (Å²) in [6.45, 7) is -0.653. The van der Waals surface area contributed by atoms with Crippen molar-refractivity contribution in [1.82, 2.24) is 0 Å². The van der Waals surface area contributed by atoms with Gasteiger partial charge in [0.05, 0.1) is 12.0 Å². The first kappa shape index (κ1) is 30.0. The number of phenolic OH excluding ortho intramolecular Hbond substituents is 4. The van der Waals surface area contributed by atoms with E-state index in [0.717, 1.165) is 5.56 Å². The number of rotatable bonds is 7. The summed E-state index contributed by atoms with van der Waals surface area (Å²) in [4.78, 5) is 0. The third-order valence-electron chi connectivity index (χ3n) is 7.55. The van der Waals surface area contributed by atoms with Crippen molar-refractivity contribution in [2.45, 2.75) is 30.7 Å². The van der Waals surface area contributed by atoms with Crippen LogP contribution in [0.2, 0.25) is 0 Å². The molecule has 5 aromatic rings. The van der Waals surface area contributed by atoms with E-state index in [1.54, 1.807) is 60.7 Å². The molecule has 2 heterocycles. The molecule has 4 aromatic carbocycles. The molecule has 1 fully saturated rings. The summed E-state index contributed by atoms with van der Waals surface area (Å²) < 4.78 is 18.2. The minimum atomic E-state index is -1.70. The molecule has 11 heteroatoms. The molecular formula is C34H30O11. The van der Waals surface area contributed by atoms with E-state index < -0.39 is 37.3 Å². The van der Waals surface area contributed by atoms with E-state index in [1.165, 1.54) is 30.3 Å². The first-order chi connectivity index (χ1) is 21.6. The van der Waals surface area contributed by atoms with Gasteiger partial charge < -0.3 is 54.7 Å². The molecule has 1 aromatic heterocycles. The number of phenols is 4. The number of benzene rings is 4. The molecule has 1 saturated heterocycles. The van der Waals surface area contributed by atoms with E-state index in [4.69, 9.17) is 13.9 Å². The maximum Gasteiger partial charge on any atom is 0.229 e. The molecular weight excluding hydrogens is 584 g/mol. The van der Waals surface area contributed by atoms with Crippen LogP contribution in [0.25, 0.3) is 45.6 Å². The van der Waals surface area contributed by atoms with Gasteiger partial charge in [-0.2, -0.15) is 0 Å². The summed E-state index contributed by atoms with van der Waals surface area (Å²) in [7, 11) is 0. The van der Waals surface area contributed by atoms with Gasteiger partial charge in [0.2, 0.25) is 6.29 Å². The molecule has 0 amide bonds. The fourth-order valence-electron chi connectivity index (χ4n) is 5.30. The van der Waals surface area contributed by atoms with Crippen molar-refractivity contribution < 1.29 is 54.7 Å². The van der Waals surface area contributed by atoms with E-state index in [2.05, 4.69) is 0 Å². The SMILES string of the molecule is OC[C@H]1O[C@@H](Oc2cc(/C=C/c3ccc(O)cc3)cc3oc(-c4ccc(O)cc4)c(-c4cc(O)cc(O)c4)c23)[C@H](O)[C@@H](O)[C@@H]1O. The predicted octanol–water partition coefficient (Wildman–Crippen LogP) is 3.94. The summed E-state index contributed by atoms with van der Waals surface area (Å²) in [6, 6.07) is 20.1. The molecule has 232 valence electrons. The number of furan rings is 1. The topological polar surface area (TPSA) is 193 Å². The minimum Gasteiger partial charge on any atom is -0.508 e.